The fraction of sp³-hybridized carbons (Fsp3) is 0.941. The Morgan fingerprint density at radius 3 is 2.18 bits per heavy atom. The van der Waals surface area contributed by atoms with Crippen LogP contribution in [-0.2, 0) is 4.74 Å². The molecule has 0 heterocycles. The summed E-state index contributed by atoms with van der Waals surface area (Å²) in [5, 5.41) is 6.39. The van der Waals surface area contributed by atoms with Crippen LogP contribution in [0.2, 0.25) is 0 Å². The monoisotopic (exact) mass is 315 g/mol. The fourth-order valence-corrected chi connectivity index (χ4v) is 2.14. The second-order valence-corrected chi connectivity index (χ2v) is 7.12. The molecule has 0 aliphatic rings. The van der Waals surface area contributed by atoms with Gasteiger partial charge < -0.3 is 20.3 Å². The van der Waals surface area contributed by atoms with Gasteiger partial charge in [-0.2, -0.15) is 0 Å². The number of hydrogen-bond donors (Lipinski definition) is 2. The predicted molar refractivity (Wildman–Crippen MR) is 93.2 cm³/mol. The zero-order valence-corrected chi connectivity index (χ0v) is 15.7. The van der Waals surface area contributed by atoms with Crippen LogP contribution in [0, 0.1) is 11.8 Å². The molecule has 132 valence electrons. The van der Waals surface area contributed by atoms with Crippen molar-refractivity contribution >= 4 is 6.09 Å². The van der Waals surface area contributed by atoms with E-state index in [9.17, 15) is 4.79 Å². The highest BCUT2D eigenvalue weighted by Crippen LogP contribution is 2.10. The van der Waals surface area contributed by atoms with Crippen LogP contribution in [-0.4, -0.2) is 55.9 Å². The van der Waals surface area contributed by atoms with Crippen molar-refractivity contribution in [3.63, 3.8) is 0 Å². The van der Waals surface area contributed by atoms with Gasteiger partial charge in [0.05, 0.1) is 0 Å². The van der Waals surface area contributed by atoms with E-state index in [1.54, 1.807) is 0 Å². The van der Waals surface area contributed by atoms with E-state index in [-0.39, 0.29) is 6.09 Å². The van der Waals surface area contributed by atoms with E-state index in [4.69, 9.17) is 4.74 Å². The zero-order chi connectivity index (χ0) is 17.2. The molecule has 1 amide bonds. The number of carbonyl (C=O) groups excluding carboxylic acids is 1. The van der Waals surface area contributed by atoms with Gasteiger partial charge >= 0.3 is 6.09 Å². The summed E-state index contributed by atoms with van der Waals surface area (Å²) in [5.74, 6) is 0.917. The number of hydrogen-bond acceptors (Lipinski definition) is 4. The van der Waals surface area contributed by atoms with Crippen molar-refractivity contribution in [2.45, 2.75) is 54.1 Å². The van der Waals surface area contributed by atoms with Crippen LogP contribution in [0.5, 0.6) is 0 Å². The Bertz CT molecular complexity index is 297. The first-order valence-corrected chi connectivity index (χ1v) is 8.59. The van der Waals surface area contributed by atoms with E-state index < -0.39 is 5.60 Å². The van der Waals surface area contributed by atoms with Crippen LogP contribution < -0.4 is 10.6 Å². The maximum Gasteiger partial charge on any atom is 0.407 e. The maximum absolute atomic E-state index is 11.7. The Labute approximate surface area is 137 Å². The van der Waals surface area contributed by atoms with Crippen molar-refractivity contribution in [1.82, 2.24) is 15.5 Å². The highest BCUT2D eigenvalue weighted by molar-refractivity contribution is 5.67. The van der Waals surface area contributed by atoms with E-state index in [2.05, 4.69) is 43.2 Å². The van der Waals surface area contributed by atoms with Gasteiger partial charge in [-0.15, -0.1) is 0 Å². The third-order valence-electron chi connectivity index (χ3n) is 3.76. The van der Waals surface area contributed by atoms with E-state index in [0.717, 1.165) is 32.7 Å². The Balaban J connectivity index is 4.04. The van der Waals surface area contributed by atoms with E-state index in [1.165, 1.54) is 0 Å². The molecule has 5 nitrogen and oxygen atoms in total. The SMILES string of the molecule is CCN(CC)CCNCC(CNC(=O)OC(C)(C)C)C(C)C. The van der Waals surface area contributed by atoms with Crippen LogP contribution in [0.1, 0.15) is 48.5 Å². The number of nitrogens with one attached hydrogen (secondary N) is 2. The molecule has 0 aliphatic carbocycles. The van der Waals surface area contributed by atoms with Crippen molar-refractivity contribution in [3.05, 3.63) is 0 Å². The quantitative estimate of drug-likeness (QED) is 0.609. The first kappa shape index (κ1) is 21.2. The minimum atomic E-state index is -0.445. The standard InChI is InChI=1S/C17H37N3O2/c1-8-20(9-2)11-10-18-12-15(14(3)4)13-19-16(21)22-17(5,6)7/h14-15,18H,8-13H2,1-7H3,(H,19,21). The Hall–Kier alpha value is -0.810. The fourth-order valence-electron chi connectivity index (χ4n) is 2.14. The molecule has 0 aliphatic heterocycles. The van der Waals surface area contributed by atoms with E-state index in [1.807, 2.05) is 20.8 Å². The number of carbonyl (C=O) groups is 1. The van der Waals surface area contributed by atoms with Crippen LogP contribution in [0.4, 0.5) is 4.79 Å². The van der Waals surface area contributed by atoms with Crippen molar-refractivity contribution in [1.29, 1.82) is 0 Å². The van der Waals surface area contributed by atoms with Crippen molar-refractivity contribution in [2.24, 2.45) is 11.8 Å². The molecule has 0 aromatic heterocycles. The largest absolute Gasteiger partial charge is 0.444 e. The molecule has 0 saturated heterocycles. The second kappa shape index (κ2) is 10.8. The van der Waals surface area contributed by atoms with Gasteiger partial charge in [-0.3, -0.25) is 0 Å². The number of rotatable bonds is 10. The summed E-state index contributed by atoms with van der Waals surface area (Å²) in [7, 11) is 0. The van der Waals surface area contributed by atoms with Gasteiger partial charge in [0.1, 0.15) is 5.60 Å². The Morgan fingerprint density at radius 2 is 1.73 bits per heavy atom. The summed E-state index contributed by atoms with van der Waals surface area (Å²) in [6.45, 7) is 20.2. The molecule has 0 radical (unpaired) electrons. The molecule has 0 rings (SSSR count). The average molecular weight is 316 g/mol. The lowest BCUT2D eigenvalue weighted by Crippen LogP contribution is -2.41. The van der Waals surface area contributed by atoms with Gasteiger partial charge in [0.25, 0.3) is 0 Å². The van der Waals surface area contributed by atoms with Gasteiger partial charge in [0.2, 0.25) is 0 Å². The molecule has 2 N–H and O–H groups in total. The predicted octanol–water partition coefficient (Wildman–Crippen LogP) is 2.71. The molecule has 22 heavy (non-hydrogen) atoms. The van der Waals surface area contributed by atoms with Crippen molar-refractivity contribution < 1.29 is 9.53 Å². The minimum Gasteiger partial charge on any atom is -0.444 e. The molecule has 0 spiro atoms. The average Bonchev–Trinajstić information content (AvgIpc) is 2.39. The molecule has 1 unspecified atom stereocenters. The molecular formula is C17H37N3O2. The van der Waals surface area contributed by atoms with E-state index in [0.29, 0.717) is 18.4 Å². The lowest BCUT2D eigenvalue weighted by Gasteiger charge is -2.25. The summed E-state index contributed by atoms with van der Waals surface area (Å²) >= 11 is 0. The highest BCUT2D eigenvalue weighted by Gasteiger charge is 2.18. The molecule has 0 aromatic carbocycles. The molecular weight excluding hydrogens is 278 g/mol. The highest BCUT2D eigenvalue weighted by atomic mass is 16.6. The number of ether oxygens (including phenoxy) is 1. The first-order valence-electron chi connectivity index (χ1n) is 8.59. The second-order valence-electron chi connectivity index (χ2n) is 7.12. The maximum atomic E-state index is 11.7. The number of likely N-dealkylation sites (N-methyl/N-ethyl adjacent to an activating group) is 1. The summed E-state index contributed by atoms with van der Waals surface area (Å²) < 4.78 is 5.28. The van der Waals surface area contributed by atoms with Gasteiger partial charge in [-0.05, 0) is 52.2 Å². The van der Waals surface area contributed by atoms with Gasteiger partial charge in [-0.1, -0.05) is 27.7 Å². The Kier molecular flexibility index (Phi) is 10.4. The molecule has 5 heteroatoms. The summed E-state index contributed by atoms with van der Waals surface area (Å²) in [6, 6.07) is 0. The summed E-state index contributed by atoms with van der Waals surface area (Å²) in [6.07, 6.45) is -0.332. The van der Waals surface area contributed by atoms with Crippen LogP contribution in [0.15, 0.2) is 0 Å². The molecule has 0 bridgehead atoms. The van der Waals surface area contributed by atoms with Crippen LogP contribution in [0.3, 0.4) is 0 Å². The van der Waals surface area contributed by atoms with Gasteiger partial charge in [-0.25, -0.2) is 4.79 Å². The smallest absolute Gasteiger partial charge is 0.407 e. The van der Waals surface area contributed by atoms with Crippen LogP contribution in [0.25, 0.3) is 0 Å². The number of amides is 1. The molecule has 1 atom stereocenters. The first-order chi connectivity index (χ1) is 10.2. The lowest BCUT2D eigenvalue weighted by atomic mass is 9.96. The minimum absolute atomic E-state index is 0.332. The van der Waals surface area contributed by atoms with Crippen LogP contribution >= 0.6 is 0 Å². The molecule has 0 fully saturated rings. The van der Waals surface area contributed by atoms with Gasteiger partial charge in [0, 0.05) is 19.6 Å². The van der Waals surface area contributed by atoms with Crippen molar-refractivity contribution in [2.75, 3.05) is 39.3 Å². The normalized spacial score (nSPS) is 13.5. The lowest BCUT2D eigenvalue weighted by molar-refractivity contribution is 0.0515. The number of nitrogens with zero attached hydrogens (tertiary/aromatic N) is 1. The zero-order valence-electron chi connectivity index (χ0n) is 15.7. The summed E-state index contributed by atoms with van der Waals surface area (Å²) in [5.41, 5.74) is -0.445. The Morgan fingerprint density at radius 1 is 1.14 bits per heavy atom. The third-order valence-corrected chi connectivity index (χ3v) is 3.76. The van der Waals surface area contributed by atoms with Gasteiger partial charge in [0.15, 0.2) is 0 Å². The molecule has 0 saturated carbocycles. The van der Waals surface area contributed by atoms with E-state index >= 15 is 0 Å². The van der Waals surface area contributed by atoms with Crippen molar-refractivity contribution in [3.8, 4) is 0 Å². The molecule has 0 aromatic rings. The third kappa shape index (κ3) is 10.9. The summed E-state index contributed by atoms with van der Waals surface area (Å²) in [4.78, 5) is 14.1. The number of alkyl carbamates (subject to hydrolysis) is 1. The topological polar surface area (TPSA) is 53.6 Å².